The molecule has 0 amide bonds. The maximum Gasteiger partial charge on any atom is 0.125 e. The average molecular weight is 351 g/mol. The summed E-state index contributed by atoms with van der Waals surface area (Å²) in [5.74, 6) is -0.197. The van der Waals surface area contributed by atoms with Crippen molar-refractivity contribution in [3.8, 4) is 0 Å². The molecular weight excluding hydrogens is 331 g/mol. The van der Waals surface area contributed by atoms with Gasteiger partial charge in [0.2, 0.25) is 0 Å². The molecule has 0 aliphatic rings. The molecular formula is C17H20BrFN2. The summed E-state index contributed by atoms with van der Waals surface area (Å²) >= 11 is 3.45. The monoisotopic (exact) mass is 350 g/mol. The van der Waals surface area contributed by atoms with Crippen LogP contribution in [0.25, 0.3) is 0 Å². The quantitative estimate of drug-likeness (QED) is 0.831. The molecule has 0 fully saturated rings. The van der Waals surface area contributed by atoms with Gasteiger partial charge in [0, 0.05) is 29.8 Å². The van der Waals surface area contributed by atoms with Crippen LogP contribution in [-0.4, -0.2) is 20.6 Å². The average Bonchev–Trinajstić information content (AvgIpc) is 2.49. The molecule has 1 N–H and O–H groups in total. The fourth-order valence-electron chi connectivity index (χ4n) is 2.34. The molecule has 0 aliphatic heterocycles. The van der Waals surface area contributed by atoms with E-state index in [4.69, 9.17) is 0 Å². The number of nitrogens with zero attached hydrogens (tertiary/aromatic N) is 1. The molecule has 0 heterocycles. The fraction of sp³-hybridized carbons (Fsp3) is 0.294. The first kappa shape index (κ1) is 16.0. The molecule has 2 rings (SSSR count). The Morgan fingerprint density at radius 3 is 2.52 bits per heavy atom. The summed E-state index contributed by atoms with van der Waals surface area (Å²) in [5.41, 5.74) is 2.16. The van der Waals surface area contributed by atoms with Gasteiger partial charge in [0.15, 0.2) is 0 Å². The molecule has 0 bridgehead atoms. The fourth-order valence-corrected chi connectivity index (χ4v) is 2.60. The SMILES string of the molecule is CNC(CCN(C)c1cccc(F)c1)c1ccc(Br)cc1. The lowest BCUT2D eigenvalue weighted by Gasteiger charge is -2.23. The Morgan fingerprint density at radius 1 is 1.19 bits per heavy atom. The molecule has 2 aromatic rings. The van der Waals surface area contributed by atoms with E-state index in [1.165, 1.54) is 11.6 Å². The largest absolute Gasteiger partial charge is 0.374 e. The first-order valence-electron chi connectivity index (χ1n) is 6.99. The zero-order chi connectivity index (χ0) is 15.2. The molecule has 0 aliphatic carbocycles. The number of anilines is 1. The maximum atomic E-state index is 13.3. The van der Waals surface area contributed by atoms with E-state index in [0.717, 1.165) is 23.1 Å². The molecule has 0 saturated heterocycles. The lowest BCUT2D eigenvalue weighted by molar-refractivity contribution is 0.549. The van der Waals surface area contributed by atoms with Crippen molar-refractivity contribution in [3.63, 3.8) is 0 Å². The lowest BCUT2D eigenvalue weighted by Crippen LogP contribution is -2.25. The van der Waals surface area contributed by atoms with Crippen molar-refractivity contribution in [3.05, 3.63) is 64.4 Å². The summed E-state index contributed by atoms with van der Waals surface area (Å²) < 4.78 is 14.3. The van der Waals surface area contributed by atoms with Gasteiger partial charge in [-0.2, -0.15) is 0 Å². The zero-order valence-corrected chi connectivity index (χ0v) is 13.9. The molecule has 0 spiro atoms. The van der Waals surface area contributed by atoms with Crippen LogP contribution < -0.4 is 10.2 Å². The summed E-state index contributed by atoms with van der Waals surface area (Å²) in [7, 11) is 3.96. The number of hydrogen-bond acceptors (Lipinski definition) is 2. The minimum absolute atomic E-state index is 0.197. The molecule has 1 atom stereocenters. The van der Waals surface area contributed by atoms with Gasteiger partial charge in [-0.05, 0) is 49.4 Å². The zero-order valence-electron chi connectivity index (χ0n) is 12.3. The summed E-state index contributed by atoms with van der Waals surface area (Å²) in [6, 6.07) is 15.3. The summed E-state index contributed by atoms with van der Waals surface area (Å²) in [4.78, 5) is 2.08. The number of hydrogen-bond donors (Lipinski definition) is 1. The van der Waals surface area contributed by atoms with Gasteiger partial charge in [0.25, 0.3) is 0 Å². The van der Waals surface area contributed by atoms with E-state index in [9.17, 15) is 4.39 Å². The van der Waals surface area contributed by atoms with Crippen LogP contribution >= 0.6 is 15.9 Å². The van der Waals surface area contributed by atoms with Gasteiger partial charge >= 0.3 is 0 Å². The number of halogens is 2. The van der Waals surface area contributed by atoms with Crippen LogP contribution in [0.4, 0.5) is 10.1 Å². The van der Waals surface area contributed by atoms with E-state index in [2.05, 4.69) is 50.4 Å². The first-order valence-corrected chi connectivity index (χ1v) is 7.79. The van der Waals surface area contributed by atoms with E-state index in [1.54, 1.807) is 12.1 Å². The van der Waals surface area contributed by atoms with Crippen molar-refractivity contribution in [2.45, 2.75) is 12.5 Å². The van der Waals surface area contributed by atoms with Crippen LogP contribution in [0, 0.1) is 5.82 Å². The molecule has 0 radical (unpaired) electrons. The Bertz CT molecular complexity index is 571. The number of rotatable bonds is 6. The van der Waals surface area contributed by atoms with Crippen LogP contribution in [0.5, 0.6) is 0 Å². The summed E-state index contributed by atoms with van der Waals surface area (Å²) in [6.07, 6.45) is 0.950. The smallest absolute Gasteiger partial charge is 0.125 e. The predicted molar refractivity (Wildman–Crippen MR) is 90.2 cm³/mol. The van der Waals surface area contributed by atoms with E-state index < -0.39 is 0 Å². The highest BCUT2D eigenvalue weighted by Crippen LogP contribution is 2.21. The summed E-state index contributed by atoms with van der Waals surface area (Å²) in [6.45, 7) is 0.852. The Hall–Kier alpha value is -1.39. The van der Waals surface area contributed by atoms with Crippen LogP contribution in [0.3, 0.4) is 0 Å². The second kappa shape index (κ2) is 7.57. The Morgan fingerprint density at radius 2 is 1.90 bits per heavy atom. The Labute approximate surface area is 134 Å². The highest BCUT2D eigenvalue weighted by molar-refractivity contribution is 9.10. The van der Waals surface area contributed by atoms with Gasteiger partial charge in [-0.1, -0.05) is 34.1 Å². The third-order valence-electron chi connectivity index (χ3n) is 3.62. The molecule has 1 unspecified atom stereocenters. The molecule has 0 saturated carbocycles. The van der Waals surface area contributed by atoms with E-state index in [0.29, 0.717) is 0 Å². The highest BCUT2D eigenvalue weighted by atomic mass is 79.9. The molecule has 0 aromatic heterocycles. The minimum Gasteiger partial charge on any atom is -0.374 e. The molecule has 4 heteroatoms. The van der Waals surface area contributed by atoms with Crippen molar-refractivity contribution in [2.24, 2.45) is 0 Å². The van der Waals surface area contributed by atoms with Gasteiger partial charge in [-0.3, -0.25) is 0 Å². The van der Waals surface area contributed by atoms with Crippen LogP contribution in [-0.2, 0) is 0 Å². The molecule has 2 aromatic carbocycles. The molecule has 21 heavy (non-hydrogen) atoms. The van der Waals surface area contributed by atoms with Gasteiger partial charge in [-0.15, -0.1) is 0 Å². The highest BCUT2D eigenvalue weighted by Gasteiger charge is 2.11. The minimum atomic E-state index is -0.197. The van der Waals surface area contributed by atoms with Crippen molar-refractivity contribution in [1.82, 2.24) is 5.32 Å². The Balaban J connectivity index is 1.98. The maximum absolute atomic E-state index is 13.3. The first-order chi connectivity index (χ1) is 10.1. The van der Waals surface area contributed by atoms with Crippen LogP contribution in [0.1, 0.15) is 18.0 Å². The van der Waals surface area contributed by atoms with Gasteiger partial charge < -0.3 is 10.2 Å². The van der Waals surface area contributed by atoms with E-state index in [1.807, 2.05) is 20.2 Å². The molecule has 2 nitrogen and oxygen atoms in total. The van der Waals surface area contributed by atoms with E-state index in [-0.39, 0.29) is 11.9 Å². The Kier molecular flexibility index (Phi) is 5.76. The summed E-state index contributed by atoms with van der Waals surface area (Å²) in [5, 5.41) is 3.34. The number of nitrogens with one attached hydrogen (secondary N) is 1. The molecule has 112 valence electrons. The van der Waals surface area contributed by atoms with Crippen molar-refractivity contribution in [2.75, 3.05) is 25.5 Å². The second-order valence-electron chi connectivity index (χ2n) is 5.08. The van der Waals surface area contributed by atoms with Crippen molar-refractivity contribution < 1.29 is 4.39 Å². The normalized spacial score (nSPS) is 12.2. The van der Waals surface area contributed by atoms with Crippen LogP contribution in [0.15, 0.2) is 53.0 Å². The van der Waals surface area contributed by atoms with E-state index >= 15 is 0 Å². The van der Waals surface area contributed by atoms with Gasteiger partial charge in [-0.25, -0.2) is 4.39 Å². The van der Waals surface area contributed by atoms with Crippen molar-refractivity contribution >= 4 is 21.6 Å². The van der Waals surface area contributed by atoms with Crippen LogP contribution in [0.2, 0.25) is 0 Å². The predicted octanol–water partition coefficient (Wildman–Crippen LogP) is 4.38. The third-order valence-corrected chi connectivity index (χ3v) is 4.15. The number of benzene rings is 2. The van der Waals surface area contributed by atoms with Crippen molar-refractivity contribution in [1.29, 1.82) is 0 Å². The third kappa shape index (κ3) is 4.55. The van der Waals surface area contributed by atoms with Gasteiger partial charge in [0.05, 0.1) is 0 Å². The topological polar surface area (TPSA) is 15.3 Å². The second-order valence-corrected chi connectivity index (χ2v) is 6.00. The standard InChI is InChI=1S/C17H20BrFN2/c1-20-17(13-6-8-14(18)9-7-13)10-11-21(2)16-5-3-4-15(19)12-16/h3-9,12,17,20H,10-11H2,1-2H3. The van der Waals surface area contributed by atoms with Gasteiger partial charge in [0.1, 0.15) is 5.82 Å². The lowest BCUT2D eigenvalue weighted by atomic mass is 10.0.